The van der Waals surface area contributed by atoms with Gasteiger partial charge in [0.2, 0.25) is 0 Å². The molecule has 2 aliphatic carbocycles. The molecule has 3 unspecified atom stereocenters. The monoisotopic (exact) mass is 125 g/mol. The molecule has 0 nitrogen and oxygen atoms in total. The molecule has 0 heterocycles. The highest BCUT2D eigenvalue weighted by Gasteiger charge is 2.36. The van der Waals surface area contributed by atoms with Crippen LogP contribution in [0.2, 0.25) is 5.54 Å². The van der Waals surface area contributed by atoms with Gasteiger partial charge < -0.3 is 0 Å². The summed E-state index contributed by atoms with van der Waals surface area (Å²) >= 11 is 0. The topological polar surface area (TPSA) is 0 Å². The Morgan fingerprint density at radius 2 is 2.00 bits per heavy atom. The Bertz CT molecular complexity index is 98.6. The summed E-state index contributed by atoms with van der Waals surface area (Å²) in [5.41, 5.74) is 1.11. The van der Waals surface area contributed by atoms with Crippen molar-refractivity contribution in [2.75, 3.05) is 0 Å². The smallest absolute Gasteiger partial charge is 0.0125 e. The maximum atomic E-state index is 2.23. The van der Waals surface area contributed by atoms with Crippen LogP contribution in [0.3, 0.4) is 0 Å². The second-order valence-electron chi connectivity index (χ2n) is 3.43. The Hall–Kier alpha value is 0.217. The van der Waals surface area contributed by atoms with Gasteiger partial charge in [-0.25, -0.2) is 0 Å². The molecule has 2 rings (SSSR count). The summed E-state index contributed by atoms with van der Waals surface area (Å²) in [5.74, 6) is 2.31. The molecule has 0 amide bonds. The van der Waals surface area contributed by atoms with Gasteiger partial charge >= 0.3 is 0 Å². The summed E-state index contributed by atoms with van der Waals surface area (Å²) in [7, 11) is 2.23. The highest BCUT2D eigenvalue weighted by Crippen LogP contribution is 2.49. The number of fused-ring (bicyclic) bond motifs is 2. The van der Waals surface area contributed by atoms with Gasteiger partial charge in [0.05, 0.1) is 0 Å². The van der Waals surface area contributed by atoms with Gasteiger partial charge in [-0.2, -0.15) is 0 Å². The molecular weight excluding hydrogens is 112 g/mol. The average molecular weight is 125 g/mol. The molecule has 1 radical (unpaired) electrons. The van der Waals surface area contributed by atoms with E-state index in [9.17, 15) is 0 Å². The normalized spacial score (nSPS) is 52.9. The van der Waals surface area contributed by atoms with Crippen LogP contribution in [0.25, 0.3) is 0 Å². The molecule has 3 atom stereocenters. The number of rotatable bonds is 0. The predicted molar refractivity (Wildman–Crippen MR) is 37.7 cm³/mol. The Labute approximate surface area is 54.1 Å². The van der Waals surface area contributed by atoms with Crippen molar-refractivity contribution in [1.82, 2.24) is 0 Å². The molecule has 2 fully saturated rings. The van der Waals surface area contributed by atoms with Crippen molar-refractivity contribution in [2.24, 2.45) is 11.8 Å². The molecule has 0 aromatic carbocycles. The quantitative estimate of drug-likeness (QED) is 0.427. The summed E-state index contributed by atoms with van der Waals surface area (Å²) in [6, 6.07) is 0. The first-order valence-electron chi connectivity index (χ1n) is 3.69. The fourth-order valence-corrected chi connectivity index (χ4v) is 3.28. The zero-order chi connectivity index (χ0) is 5.56. The SMILES string of the molecule is [SiH2]C1CC2CCC1C2. The van der Waals surface area contributed by atoms with Crippen LogP contribution in [0.4, 0.5) is 0 Å². The molecule has 0 N–H and O–H groups in total. The van der Waals surface area contributed by atoms with E-state index in [-0.39, 0.29) is 0 Å². The molecular formula is C7H13Si. The van der Waals surface area contributed by atoms with E-state index in [1.54, 1.807) is 25.7 Å². The third-order valence-corrected chi connectivity index (χ3v) is 3.88. The van der Waals surface area contributed by atoms with Crippen molar-refractivity contribution >= 4 is 10.2 Å². The maximum Gasteiger partial charge on any atom is 0.0125 e. The fourth-order valence-electron chi connectivity index (χ4n) is 2.38. The first kappa shape index (κ1) is 5.04. The summed E-state index contributed by atoms with van der Waals surface area (Å²) in [6.45, 7) is 0. The lowest BCUT2D eigenvalue weighted by atomic mass is 10.0. The van der Waals surface area contributed by atoms with Gasteiger partial charge in [-0.05, 0) is 18.3 Å². The second kappa shape index (κ2) is 1.60. The largest absolute Gasteiger partial charge is 0.0509 e. The van der Waals surface area contributed by atoms with E-state index in [1.165, 1.54) is 0 Å². The van der Waals surface area contributed by atoms with E-state index < -0.39 is 0 Å². The van der Waals surface area contributed by atoms with Crippen LogP contribution in [0.1, 0.15) is 25.7 Å². The first-order chi connectivity index (χ1) is 3.86. The van der Waals surface area contributed by atoms with Crippen molar-refractivity contribution < 1.29 is 0 Å². The number of hydrogen-bond donors (Lipinski definition) is 0. The van der Waals surface area contributed by atoms with Gasteiger partial charge in [-0.1, -0.05) is 24.8 Å². The van der Waals surface area contributed by atoms with Gasteiger partial charge in [0.1, 0.15) is 0 Å². The maximum absolute atomic E-state index is 2.23. The molecule has 1 heteroatoms. The third kappa shape index (κ3) is 0.571. The van der Waals surface area contributed by atoms with Crippen LogP contribution >= 0.6 is 0 Å². The average Bonchev–Trinajstić information content (AvgIpc) is 2.23. The van der Waals surface area contributed by atoms with Gasteiger partial charge in [-0.15, -0.1) is 0 Å². The predicted octanol–water partition coefficient (Wildman–Crippen LogP) is 1.23. The highest BCUT2D eigenvalue weighted by atomic mass is 28.1. The van der Waals surface area contributed by atoms with Crippen LogP contribution in [0.15, 0.2) is 0 Å². The molecule has 2 aliphatic rings. The first-order valence-corrected chi connectivity index (χ1v) is 4.51. The molecule has 0 spiro atoms. The van der Waals surface area contributed by atoms with E-state index in [4.69, 9.17) is 0 Å². The fraction of sp³-hybridized carbons (Fsp3) is 1.00. The summed E-state index contributed by atoms with van der Waals surface area (Å²) in [5, 5.41) is 0. The van der Waals surface area contributed by atoms with Crippen LogP contribution in [-0.2, 0) is 0 Å². The van der Waals surface area contributed by atoms with E-state index in [1.807, 2.05) is 0 Å². The van der Waals surface area contributed by atoms with E-state index >= 15 is 0 Å². The lowest BCUT2D eigenvalue weighted by molar-refractivity contribution is 0.480. The van der Waals surface area contributed by atoms with Crippen LogP contribution in [0.5, 0.6) is 0 Å². The van der Waals surface area contributed by atoms with Gasteiger partial charge in [0, 0.05) is 10.2 Å². The summed E-state index contributed by atoms with van der Waals surface area (Å²) in [6.07, 6.45) is 6.25. The highest BCUT2D eigenvalue weighted by molar-refractivity contribution is 6.12. The molecule has 0 aliphatic heterocycles. The lowest BCUT2D eigenvalue weighted by Gasteiger charge is -2.15. The molecule has 2 bridgehead atoms. The summed E-state index contributed by atoms with van der Waals surface area (Å²) < 4.78 is 0. The minimum Gasteiger partial charge on any atom is -0.0509 e. The second-order valence-corrected chi connectivity index (χ2v) is 4.48. The molecule has 2 saturated carbocycles. The molecule has 0 aromatic rings. The van der Waals surface area contributed by atoms with Crippen LogP contribution in [-0.4, -0.2) is 10.2 Å². The molecule has 0 aromatic heterocycles. The third-order valence-electron chi connectivity index (χ3n) is 2.88. The summed E-state index contributed by atoms with van der Waals surface area (Å²) in [4.78, 5) is 0. The molecule has 8 heavy (non-hydrogen) atoms. The van der Waals surface area contributed by atoms with Crippen LogP contribution in [0, 0.1) is 11.8 Å². The van der Waals surface area contributed by atoms with Gasteiger partial charge in [0.25, 0.3) is 0 Å². The Balaban J connectivity index is 2.11. The van der Waals surface area contributed by atoms with Crippen molar-refractivity contribution in [3.8, 4) is 0 Å². The molecule has 45 valence electrons. The zero-order valence-corrected chi connectivity index (χ0v) is 6.68. The van der Waals surface area contributed by atoms with Crippen molar-refractivity contribution in [1.29, 1.82) is 0 Å². The van der Waals surface area contributed by atoms with Gasteiger partial charge in [-0.3, -0.25) is 0 Å². The van der Waals surface area contributed by atoms with Crippen LogP contribution < -0.4 is 0 Å². The van der Waals surface area contributed by atoms with Crippen molar-refractivity contribution in [3.63, 3.8) is 0 Å². The minimum absolute atomic E-state index is 1.11. The Kier molecular flexibility index (Phi) is 1.01. The minimum atomic E-state index is 1.11. The number of hydrogen-bond acceptors (Lipinski definition) is 0. The zero-order valence-electron chi connectivity index (χ0n) is 5.27. The van der Waals surface area contributed by atoms with Crippen molar-refractivity contribution in [2.45, 2.75) is 31.2 Å². The molecule has 0 saturated heterocycles. The van der Waals surface area contributed by atoms with Crippen molar-refractivity contribution in [3.05, 3.63) is 0 Å². The van der Waals surface area contributed by atoms with E-state index in [2.05, 4.69) is 10.2 Å². The standard InChI is InChI=1S/C7H13Si/c8-7-4-5-1-2-6(7)3-5/h5-7H,1-4,8H2. The van der Waals surface area contributed by atoms with Gasteiger partial charge in [0.15, 0.2) is 0 Å². The Morgan fingerprint density at radius 3 is 2.25 bits per heavy atom. The van der Waals surface area contributed by atoms with E-state index in [0.29, 0.717) is 0 Å². The lowest BCUT2D eigenvalue weighted by Crippen LogP contribution is -2.02. The van der Waals surface area contributed by atoms with E-state index in [0.717, 1.165) is 17.4 Å². The Morgan fingerprint density at radius 1 is 1.12 bits per heavy atom.